The fourth-order valence-electron chi connectivity index (χ4n) is 2.11. The zero-order valence-electron chi connectivity index (χ0n) is 12.1. The van der Waals surface area contributed by atoms with Crippen LogP contribution < -0.4 is 0 Å². The number of aryl methyl sites for hydroxylation is 1. The summed E-state index contributed by atoms with van der Waals surface area (Å²) in [6.45, 7) is 2.09. The minimum absolute atomic E-state index is 0.0890. The Bertz CT molecular complexity index is 592. The first-order valence-corrected chi connectivity index (χ1v) is 8.22. The Morgan fingerprint density at radius 2 is 1.90 bits per heavy atom. The lowest BCUT2D eigenvalue weighted by atomic mass is 10.1. The molecule has 0 bridgehead atoms. The van der Waals surface area contributed by atoms with Crippen molar-refractivity contribution in [2.45, 2.75) is 25.5 Å². The lowest BCUT2D eigenvalue weighted by molar-refractivity contribution is 0.0982. The summed E-state index contributed by atoms with van der Waals surface area (Å²) in [5, 5.41) is 0. The summed E-state index contributed by atoms with van der Waals surface area (Å²) >= 11 is 1.84. The maximum atomic E-state index is 12.8. The Morgan fingerprint density at radius 1 is 1.14 bits per heavy atom. The number of hydrogen-bond acceptors (Lipinski definition) is 2. The molecular formula is C18H19FOS. The van der Waals surface area contributed by atoms with Gasteiger partial charge in [-0.25, -0.2) is 4.39 Å². The van der Waals surface area contributed by atoms with Crippen LogP contribution in [0.3, 0.4) is 0 Å². The summed E-state index contributed by atoms with van der Waals surface area (Å²) in [5.74, 6) is 1.72. The van der Waals surface area contributed by atoms with Crippen LogP contribution in [0.4, 0.5) is 4.39 Å². The zero-order valence-corrected chi connectivity index (χ0v) is 13.0. The van der Waals surface area contributed by atoms with Gasteiger partial charge in [-0.15, -0.1) is 0 Å². The second-order valence-corrected chi connectivity index (χ2v) is 6.18. The molecule has 1 nitrogen and oxygen atoms in total. The smallest absolute Gasteiger partial charge is 0.162 e. The Morgan fingerprint density at radius 3 is 2.62 bits per heavy atom. The van der Waals surface area contributed by atoms with Crippen molar-refractivity contribution >= 4 is 17.5 Å². The van der Waals surface area contributed by atoms with Gasteiger partial charge in [0.15, 0.2) is 5.78 Å². The van der Waals surface area contributed by atoms with Gasteiger partial charge in [-0.2, -0.15) is 11.8 Å². The average molecular weight is 302 g/mol. The van der Waals surface area contributed by atoms with Crippen molar-refractivity contribution in [2.24, 2.45) is 0 Å². The minimum Gasteiger partial charge on any atom is -0.294 e. The predicted molar refractivity (Wildman–Crippen MR) is 87.3 cm³/mol. The van der Waals surface area contributed by atoms with E-state index in [1.54, 1.807) is 12.1 Å². The molecule has 0 radical (unpaired) electrons. The topological polar surface area (TPSA) is 17.1 Å². The molecule has 0 spiro atoms. The molecule has 0 aromatic heterocycles. The number of carbonyl (C=O) groups excluding carboxylic acids is 1. The molecule has 0 amide bonds. The molecule has 0 fully saturated rings. The van der Waals surface area contributed by atoms with Gasteiger partial charge in [-0.1, -0.05) is 29.8 Å². The fourth-order valence-corrected chi connectivity index (χ4v) is 3.01. The average Bonchev–Trinajstić information content (AvgIpc) is 2.47. The normalized spacial score (nSPS) is 10.6. The van der Waals surface area contributed by atoms with Crippen LogP contribution in [-0.2, 0) is 5.75 Å². The summed E-state index contributed by atoms with van der Waals surface area (Å²) in [6, 6.07) is 14.3. The highest BCUT2D eigenvalue weighted by Gasteiger charge is 2.05. The first-order chi connectivity index (χ1) is 10.1. The van der Waals surface area contributed by atoms with E-state index in [1.165, 1.54) is 23.3 Å². The van der Waals surface area contributed by atoms with Crippen LogP contribution in [-0.4, -0.2) is 11.5 Å². The summed E-state index contributed by atoms with van der Waals surface area (Å²) in [5.41, 5.74) is 3.20. The van der Waals surface area contributed by atoms with Crippen molar-refractivity contribution in [3.8, 4) is 0 Å². The third-order valence-electron chi connectivity index (χ3n) is 3.21. The third-order valence-corrected chi connectivity index (χ3v) is 4.32. The molecule has 2 rings (SSSR count). The van der Waals surface area contributed by atoms with Gasteiger partial charge in [0.1, 0.15) is 5.82 Å². The summed E-state index contributed by atoms with van der Waals surface area (Å²) in [4.78, 5) is 11.9. The number of carbonyl (C=O) groups is 1. The van der Waals surface area contributed by atoms with Gasteiger partial charge in [-0.05, 0) is 48.9 Å². The van der Waals surface area contributed by atoms with E-state index in [9.17, 15) is 9.18 Å². The van der Waals surface area contributed by atoms with Crippen LogP contribution in [0, 0.1) is 12.7 Å². The number of benzene rings is 2. The lowest BCUT2D eigenvalue weighted by Gasteiger charge is -2.03. The number of rotatable bonds is 7. The van der Waals surface area contributed by atoms with Crippen LogP contribution in [0.2, 0.25) is 0 Å². The third kappa shape index (κ3) is 5.35. The molecule has 0 aliphatic rings. The van der Waals surface area contributed by atoms with Crippen molar-refractivity contribution in [3.63, 3.8) is 0 Å². The van der Waals surface area contributed by atoms with Crippen molar-refractivity contribution in [1.29, 1.82) is 0 Å². The van der Waals surface area contributed by atoms with Gasteiger partial charge in [-0.3, -0.25) is 4.79 Å². The van der Waals surface area contributed by atoms with Gasteiger partial charge in [0.2, 0.25) is 0 Å². The van der Waals surface area contributed by atoms with Crippen molar-refractivity contribution in [1.82, 2.24) is 0 Å². The summed E-state index contributed by atoms with van der Waals surface area (Å²) in [7, 11) is 0. The molecule has 2 aromatic carbocycles. The van der Waals surface area contributed by atoms with Crippen molar-refractivity contribution in [2.75, 3.05) is 5.75 Å². The number of Topliss-reactive ketones (excluding diaryl/α,β-unsaturated/α-hetero) is 1. The number of ketones is 1. The van der Waals surface area contributed by atoms with E-state index in [2.05, 4.69) is 31.2 Å². The van der Waals surface area contributed by atoms with E-state index in [0.29, 0.717) is 12.0 Å². The molecule has 0 atom stereocenters. The molecule has 0 unspecified atom stereocenters. The van der Waals surface area contributed by atoms with Crippen LogP contribution in [0.1, 0.15) is 34.3 Å². The van der Waals surface area contributed by atoms with Gasteiger partial charge < -0.3 is 0 Å². The first kappa shape index (κ1) is 15.8. The second kappa shape index (κ2) is 7.99. The van der Waals surface area contributed by atoms with Crippen molar-refractivity contribution < 1.29 is 9.18 Å². The molecular weight excluding hydrogens is 283 g/mol. The zero-order chi connectivity index (χ0) is 15.1. The fraction of sp³-hybridized carbons (Fsp3) is 0.278. The predicted octanol–water partition coefficient (Wildman–Crippen LogP) is 5.03. The summed E-state index contributed by atoms with van der Waals surface area (Å²) in [6.07, 6.45) is 1.37. The monoisotopic (exact) mass is 302 g/mol. The molecule has 21 heavy (non-hydrogen) atoms. The molecule has 2 aromatic rings. The largest absolute Gasteiger partial charge is 0.294 e. The molecule has 0 aliphatic carbocycles. The van der Waals surface area contributed by atoms with Gasteiger partial charge in [0.05, 0.1) is 0 Å². The maximum Gasteiger partial charge on any atom is 0.162 e. The highest BCUT2D eigenvalue weighted by Crippen LogP contribution is 2.16. The van der Waals surface area contributed by atoms with Crippen molar-refractivity contribution in [3.05, 3.63) is 71.0 Å². The molecule has 0 N–H and O–H groups in total. The van der Waals surface area contributed by atoms with E-state index < -0.39 is 0 Å². The van der Waals surface area contributed by atoms with Gasteiger partial charge >= 0.3 is 0 Å². The molecule has 0 heterocycles. The number of halogens is 1. The molecule has 110 valence electrons. The number of hydrogen-bond donors (Lipinski definition) is 0. The Labute approximate surface area is 129 Å². The minimum atomic E-state index is -0.305. The van der Waals surface area contributed by atoms with E-state index in [-0.39, 0.29) is 11.6 Å². The van der Waals surface area contributed by atoms with Gasteiger partial charge in [0.25, 0.3) is 0 Å². The number of thioether (sulfide) groups is 1. The van der Waals surface area contributed by atoms with Crippen LogP contribution in [0.25, 0.3) is 0 Å². The summed E-state index contributed by atoms with van der Waals surface area (Å²) < 4.78 is 12.8. The molecule has 0 saturated carbocycles. The first-order valence-electron chi connectivity index (χ1n) is 7.07. The highest BCUT2D eigenvalue weighted by atomic mass is 32.2. The van der Waals surface area contributed by atoms with Crippen LogP contribution in [0.5, 0.6) is 0 Å². The SMILES string of the molecule is Cc1cccc(CSCCCC(=O)c2ccc(F)cc2)c1. The molecule has 0 saturated heterocycles. The molecule has 3 heteroatoms. The van der Waals surface area contributed by atoms with Gasteiger partial charge in [0, 0.05) is 17.7 Å². The Hall–Kier alpha value is -1.61. The van der Waals surface area contributed by atoms with Crippen LogP contribution in [0.15, 0.2) is 48.5 Å². The quantitative estimate of drug-likeness (QED) is 0.527. The second-order valence-electron chi connectivity index (χ2n) is 5.08. The molecule has 0 aliphatic heterocycles. The van der Waals surface area contributed by atoms with E-state index in [0.717, 1.165) is 17.9 Å². The Balaban J connectivity index is 1.68. The van der Waals surface area contributed by atoms with Crippen LogP contribution >= 0.6 is 11.8 Å². The van der Waals surface area contributed by atoms with E-state index >= 15 is 0 Å². The standard InChI is InChI=1S/C18H19FOS/c1-14-4-2-5-15(12-14)13-21-11-3-6-18(20)16-7-9-17(19)10-8-16/h2,4-5,7-10,12H,3,6,11,13H2,1H3. The highest BCUT2D eigenvalue weighted by molar-refractivity contribution is 7.98. The lowest BCUT2D eigenvalue weighted by Crippen LogP contribution is -1.99. The van der Waals surface area contributed by atoms with E-state index in [4.69, 9.17) is 0 Å². The van der Waals surface area contributed by atoms with E-state index in [1.807, 2.05) is 11.8 Å². The maximum absolute atomic E-state index is 12.8. The Kier molecular flexibility index (Phi) is 6.00.